The summed E-state index contributed by atoms with van der Waals surface area (Å²) in [6.45, 7) is 0. The van der Waals surface area contributed by atoms with E-state index in [1.807, 2.05) is 55.0 Å². The van der Waals surface area contributed by atoms with E-state index in [4.69, 9.17) is 0 Å². The molecule has 0 unspecified atom stereocenters. The molecule has 0 amide bonds. The summed E-state index contributed by atoms with van der Waals surface area (Å²) in [6, 6.07) is 24.5. The van der Waals surface area contributed by atoms with Crippen LogP contribution in [0.4, 0.5) is 0 Å². The number of nitrogens with one attached hydrogen (secondary N) is 3. The summed E-state index contributed by atoms with van der Waals surface area (Å²) in [5, 5.41) is 3.72. The van der Waals surface area contributed by atoms with Crippen molar-refractivity contribution in [1.82, 2.24) is 15.0 Å². The quantitative estimate of drug-likeness (QED) is 0.159. The fraction of sp³-hybridized carbons (Fsp3) is 0. The van der Waals surface area contributed by atoms with Gasteiger partial charge in [-0.3, -0.25) is 0 Å². The van der Waals surface area contributed by atoms with Crippen LogP contribution in [0, 0.1) is 0 Å². The Labute approximate surface area is 199 Å². The van der Waals surface area contributed by atoms with Crippen molar-refractivity contribution in [3.8, 4) is 0 Å². The number of hydrogen-bond acceptors (Lipinski definition) is 0. The molecule has 3 N–H and O–H groups in total. The first kappa shape index (κ1) is 21.0. The van der Waals surface area contributed by atoms with Gasteiger partial charge in [-0.2, -0.15) is 0 Å². The maximum Gasteiger partial charge on any atom is 0.0465 e. The lowest BCUT2D eigenvalue weighted by Gasteiger charge is -1.90. The Balaban J connectivity index is 0.000000109. The van der Waals surface area contributed by atoms with E-state index in [1.54, 1.807) is 0 Å². The molecule has 150 valence electrons. The Morgan fingerprint density at radius 2 is 0.700 bits per heavy atom. The number of rotatable bonds is 0. The molecule has 0 bridgehead atoms. The number of benzene rings is 3. The molecule has 3 nitrogen and oxygen atoms in total. The highest BCUT2D eigenvalue weighted by atomic mass is 79.9. The molecule has 0 aliphatic rings. The van der Waals surface area contributed by atoms with Crippen LogP contribution in [0.1, 0.15) is 0 Å². The Hall–Kier alpha value is -2.28. The van der Waals surface area contributed by atoms with Crippen molar-refractivity contribution in [3.05, 3.63) is 105 Å². The fourth-order valence-electron chi connectivity index (χ4n) is 3.14. The SMILES string of the molecule is Brc1cccc2[nH]ccc12.Brc1cccc2[nH]ccc12.Brc1cccc2[nH]ccc12. The molecule has 0 aliphatic carbocycles. The van der Waals surface area contributed by atoms with Crippen LogP contribution in [-0.4, -0.2) is 15.0 Å². The van der Waals surface area contributed by atoms with Crippen molar-refractivity contribution in [3.63, 3.8) is 0 Å². The van der Waals surface area contributed by atoms with Crippen LogP contribution in [0.2, 0.25) is 0 Å². The van der Waals surface area contributed by atoms with Gasteiger partial charge in [0.25, 0.3) is 0 Å². The van der Waals surface area contributed by atoms with Gasteiger partial charge in [0, 0.05) is 64.7 Å². The second-order valence-electron chi connectivity index (χ2n) is 6.54. The van der Waals surface area contributed by atoms with Crippen LogP contribution in [0.15, 0.2) is 105 Å². The van der Waals surface area contributed by atoms with Gasteiger partial charge in [-0.25, -0.2) is 0 Å². The lowest BCUT2D eigenvalue weighted by atomic mass is 10.3. The van der Waals surface area contributed by atoms with E-state index < -0.39 is 0 Å². The molecule has 3 heterocycles. The molecule has 3 aromatic heterocycles. The normalized spacial score (nSPS) is 10.5. The average molecular weight is 588 g/mol. The van der Waals surface area contributed by atoms with Crippen molar-refractivity contribution in [2.24, 2.45) is 0 Å². The third kappa shape index (κ3) is 4.72. The van der Waals surface area contributed by atoms with Crippen molar-refractivity contribution >= 4 is 80.5 Å². The molecule has 6 rings (SSSR count). The minimum atomic E-state index is 1.14. The summed E-state index contributed by atoms with van der Waals surface area (Å²) >= 11 is 10.4. The highest BCUT2D eigenvalue weighted by molar-refractivity contribution is 9.11. The van der Waals surface area contributed by atoms with Crippen molar-refractivity contribution < 1.29 is 0 Å². The van der Waals surface area contributed by atoms with E-state index in [2.05, 4.69) is 99.1 Å². The molecule has 0 saturated heterocycles. The van der Waals surface area contributed by atoms with E-state index in [0.29, 0.717) is 0 Å². The number of aromatic amines is 3. The van der Waals surface area contributed by atoms with Crippen LogP contribution < -0.4 is 0 Å². The number of fused-ring (bicyclic) bond motifs is 3. The molecule has 0 spiro atoms. The molecule has 0 atom stereocenters. The summed E-state index contributed by atoms with van der Waals surface area (Å²) in [5.41, 5.74) is 3.53. The minimum absolute atomic E-state index is 1.14. The second-order valence-corrected chi connectivity index (χ2v) is 9.10. The second kappa shape index (κ2) is 9.69. The number of H-pyrrole nitrogens is 3. The molecule has 30 heavy (non-hydrogen) atoms. The number of hydrogen-bond donors (Lipinski definition) is 3. The molecule has 0 fully saturated rings. The predicted octanol–water partition coefficient (Wildman–Crippen LogP) is 8.79. The molecular weight excluding hydrogens is 570 g/mol. The van der Waals surface area contributed by atoms with Gasteiger partial charge in [0.2, 0.25) is 0 Å². The van der Waals surface area contributed by atoms with Crippen LogP contribution >= 0.6 is 47.8 Å². The minimum Gasteiger partial charge on any atom is -0.361 e. The summed E-state index contributed by atoms with van der Waals surface area (Å²) in [7, 11) is 0. The smallest absolute Gasteiger partial charge is 0.0465 e. The topological polar surface area (TPSA) is 47.4 Å². The standard InChI is InChI=1S/3C8H6BrN/c3*9-7-2-1-3-8-6(7)4-5-10-8/h3*1-5,10H. The van der Waals surface area contributed by atoms with Crippen molar-refractivity contribution in [2.45, 2.75) is 0 Å². The van der Waals surface area contributed by atoms with E-state index in [1.165, 1.54) is 32.7 Å². The zero-order chi connectivity index (χ0) is 20.9. The number of halogens is 3. The summed E-state index contributed by atoms with van der Waals surface area (Å²) in [5.74, 6) is 0. The first-order chi connectivity index (χ1) is 14.6. The van der Waals surface area contributed by atoms with E-state index >= 15 is 0 Å². The zero-order valence-corrected chi connectivity index (χ0v) is 20.6. The van der Waals surface area contributed by atoms with Gasteiger partial charge < -0.3 is 15.0 Å². The van der Waals surface area contributed by atoms with Crippen LogP contribution in [0.5, 0.6) is 0 Å². The molecule has 0 saturated carbocycles. The largest absolute Gasteiger partial charge is 0.361 e. The van der Waals surface area contributed by atoms with Crippen LogP contribution in [-0.2, 0) is 0 Å². The first-order valence-electron chi connectivity index (χ1n) is 9.28. The zero-order valence-electron chi connectivity index (χ0n) is 15.8. The maximum absolute atomic E-state index is 3.46. The highest BCUT2D eigenvalue weighted by Crippen LogP contribution is 2.23. The van der Waals surface area contributed by atoms with Crippen LogP contribution in [0.25, 0.3) is 32.7 Å². The summed E-state index contributed by atoms with van der Waals surface area (Å²) in [4.78, 5) is 9.39. The van der Waals surface area contributed by atoms with E-state index in [0.717, 1.165) is 13.4 Å². The number of aromatic nitrogens is 3. The Morgan fingerprint density at radius 3 is 0.967 bits per heavy atom. The third-order valence-corrected chi connectivity index (χ3v) is 6.70. The van der Waals surface area contributed by atoms with Crippen molar-refractivity contribution in [1.29, 1.82) is 0 Å². The van der Waals surface area contributed by atoms with Gasteiger partial charge in [-0.05, 0) is 54.6 Å². The average Bonchev–Trinajstić information content (AvgIpc) is 3.50. The summed E-state index contributed by atoms with van der Waals surface area (Å²) < 4.78 is 3.43. The van der Waals surface area contributed by atoms with Gasteiger partial charge in [-0.15, -0.1) is 0 Å². The summed E-state index contributed by atoms with van der Waals surface area (Å²) in [6.07, 6.45) is 5.82. The molecule has 6 aromatic rings. The fourth-order valence-corrected chi connectivity index (χ4v) is 4.64. The van der Waals surface area contributed by atoms with Gasteiger partial charge in [-0.1, -0.05) is 66.0 Å². The van der Waals surface area contributed by atoms with Gasteiger partial charge >= 0.3 is 0 Å². The molecule has 6 heteroatoms. The van der Waals surface area contributed by atoms with E-state index in [-0.39, 0.29) is 0 Å². The predicted molar refractivity (Wildman–Crippen MR) is 138 cm³/mol. The van der Waals surface area contributed by atoms with Crippen LogP contribution in [0.3, 0.4) is 0 Å². The molecule has 3 aromatic carbocycles. The Bertz CT molecular complexity index is 1220. The monoisotopic (exact) mass is 585 g/mol. The van der Waals surface area contributed by atoms with Gasteiger partial charge in [0.05, 0.1) is 0 Å². The maximum atomic E-state index is 3.46. The lowest BCUT2D eigenvalue weighted by molar-refractivity contribution is 1.48. The van der Waals surface area contributed by atoms with Gasteiger partial charge in [0.1, 0.15) is 0 Å². The highest BCUT2D eigenvalue weighted by Gasteiger charge is 1.96. The first-order valence-corrected chi connectivity index (χ1v) is 11.7. The lowest BCUT2D eigenvalue weighted by Crippen LogP contribution is -1.66. The van der Waals surface area contributed by atoms with E-state index in [9.17, 15) is 0 Å². The van der Waals surface area contributed by atoms with Crippen molar-refractivity contribution in [2.75, 3.05) is 0 Å². The Morgan fingerprint density at radius 1 is 0.400 bits per heavy atom. The molecule has 0 radical (unpaired) electrons. The molecular formula is C24H18Br3N3. The third-order valence-electron chi connectivity index (χ3n) is 4.63. The Kier molecular flexibility index (Phi) is 6.77. The van der Waals surface area contributed by atoms with Gasteiger partial charge in [0.15, 0.2) is 0 Å². The molecule has 0 aliphatic heterocycles.